The summed E-state index contributed by atoms with van der Waals surface area (Å²) in [6.07, 6.45) is 8.49. The van der Waals surface area contributed by atoms with Gasteiger partial charge in [0, 0.05) is 16.4 Å². The van der Waals surface area contributed by atoms with Crippen LogP contribution in [0.4, 0.5) is 0 Å². The maximum atomic E-state index is 13.6. The van der Waals surface area contributed by atoms with Crippen LogP contribution in [0.25, 0.3) is 11.0 Å². The van der Waals surface area contributed by atoms with Gasteiger partial charge in [0.05, 0.1) is 36.9 Å². The Hall–Kier alpha value is -2.77. The lowest BCUT2D eigenvalue weighted by Gasteiger charge is -2.64. The van der Waals surface area contributed by atoms with Crippen LogP contribution < -0.4 is 10.1 Å². The van der Waals surface area contributed by atoms with Crippen molar-refractivity contribution in [3.8, 4) is 5.75 Å². The van der Waals surface area contributed by atoms with Gasteiger partial charge in [-0.05, 0) is 86.0 Å². The van der Waals surface area contributed by atoms with Gasteiger partial charge in [0.1, 0.15) is 11.3 Å². The molecule has 0 radical (unpaired) electrons. The van der Waals surface area contributed by atoms with Gasteiger partial charge in [0.2, 0.25) is 5.91 Å². The number of para-hydroxylation sites is 1. The number of ether oxygens (including phenoxy) is 1. The normalized spacial score (nSPS) is 31.2. The van der Waals surface area contributed by atoms with Crippen molar-refractivity contribution in [3.63, 3.8) is 0 Å². The first-order valence-corrected chi connectivity index (χ1v) is 15.1. The number of rotatable bonds is 6. The summed E-state index contributed by atoms with van der Waals surface area (Å²) in [5.74, 6) is 1.78. The smallest absolute Gasteiger partial charge is 0.482 e. The van der Waals surface area contributed by atoms with Crippen molar-refractivity contribution in [2.75, 3.05) is 6.61 Å². The largest absolute Gasteiger partial charge is 0.493 e. The van der Waals surface area contributed by atoms with E-state index < -0.39 is 7.12 Å². The van der Waals surface area contributed by atoms with E-state index in [0.29, 0.717) is 24.7 Å². The third-order valence-electron chi connectivity index (χ3n) is 11.3. The van der Waals surface area contributed by atoms with E-state index in [4.69, 9.17) is 18.5 Å². The Bertz CT molecular complexity index is 1490. The number of benzene rings is 2. The number of hydrogen-bond donors (Lipinski definition) is 1. The van der Waals surface area contributed by atoms with Crippen LogP contribution in [0.1, 0.15) is 69.6 Å². The average Bonchev–Trinajstić information content (AvgIpc) is 3.43. The van der Waals surface area contributed by atoms with Crippen molar-refractivity contribution in [2.45, 2.75) is 88.8 Å². The summed E-state index contributed by atoms with van der Waals surface area (Å²) >= 11 is 0. The van der Waals surface area contributed by atoms with Crippen LogP contribution in [-0.4, -0.2) is 37.3 Å². The zero-order chi connectivity index (χ0) is 27.3. The van der Waals surface area contributed by atoms with Crippen molar-refractivity contribution in [1.82, 2.24) is 5.32 Å². The van der Waals surface area contributed by atoms with E-state index in [2.05, 4.69) is 44.3 Å². The first-order valence-electron chi connectivity index (χ1n) is 15.1. The predicted molar refractivity (Wildman–Crippen MR) is 153 cm³/mol. The monoisotopic (exact) mass is 539 g/mol. The van der Waals surface area contributed by atoms with Crippen LogP contribution in [-0.2, 0) is 32.4 Å². The van der Waals surface area contributed by atoms with Crippen LogP contribution in [0, 0.1) is 17.3 Å². The zero-order valence-corrected chi connectivity index (χ0v) is 23.7. The van der Waals surface area contributed by atoms with Gasteiger partial charge in [-0.1, -0.05) is 44.2 Å². The maximum absolute atomic E-state index is 13.6. The molecule has 4 saturated carbocycles. The van der Waals surface area contributed by atoms with Gasteiger partial charge in [0.15, 0.2) is 0 Å². The first-order chi connectivity index (χ1) is 19.2. The highest BCUT2D eigenvalue weighted by Gasteiger charge is 2.68. The van der Waals surface area contributed by atoms with Crippen LogP contribution in [0.3, 0.4) is 0 Å². The lowest BCUT2D eigenvalue weighted by molar-refractivity contribution is -0.199. The molecule has 5 fully saturated rings. The fourth-order valence-corrected chi connectivity index (χ4v) is 8.55. The highest BCUT2D eigenvalue weighted by Crippen LogP contribution is 2.65. The lowest BCUT2D eigenvalue weighted by Crippen LogP contribution is -2.65. The minimum atomic E-state index is -0.505. The molecule has 2 aliphatic heterocycles. The highest BCUT2D eigenvalue weighted by molar-refractivity contribution is 6.48. The summed E-state index contributed by atoms with van der Waals surface area (Å²) in [6.45, 7) is 7.76. The maximum Gasteiger partial charge on any atom is 0.482 e. The molecule has 7 heteroatoms. The summed E-state index contributed by atoms with van der Waals surface area (Å²) in [4.78, 5) is 13.6. The van der Waals surface area contributed by atoms with Gasteiger partial charge in [-0.25, -0.2) is 0 Å². The Morgan fingerprint density at radius 2 is 1.95 bits per heavy atom. The second kappa shape index (κ2) is 8.62. The van der Waals surface area contributed by atoms with E-state index in [1.54, 1.807) is 0 Å². The van der Waals surface area contributed by atoms with Crippen molar-refractivity contribution >= 4 is 24.0 Å². The second-order valence-electron chi connectivity index (χ2n) is 13.9. The number of amides is 1. The molecule has 5 atom stereocenters. The Morgan fingerprint density at radius 3 is 2.77 bits per heavy atom. The number of carbonyl (C=O) groups is 1. The van der Waals surface area contributed by atoms with Gasteiger partial charge >= 0.3 is 7.12 Å². The zero-order valence-electron chi connectivity index (χ0n) is 23.7. The Kier molecular flexibility index (Phi) is 5.39. The molecule has 3 aromatic rings. The Balaban J connectivity index is 1.05. The molecule has 6 nitrogen and oxygen atoms in total. The van der Waals surface area contributed by atoms with Crippen molar-refractivity contribution in [3.05, 3.63) is 65.4 Å². The molecule has 2 aromatic carbocycles. The number of hydrogen-bond acceptors (Lipinski definition) is 5. The highest BCUT2D eigenvalue weighted by atomic mass is 16.7. The van der Waals surface area contributed by atoms with Gasteiger partial charge in [0.25, 0.3) is 0 Å². The summed E-state index contributed by atoms with van der Waals surface area (Å²) in [7, 11) is -0.505. The summed E-state index contributed by atoms with van der Waals surface area (Å²) in [5.41, 5.74) is 4.42. The molecular weight excluding hydrogens is 501 g/mol. The molecule has 1 aromatic heterocycles. The lowest BCUT2D eigenvalue weighted by atomic mass is 9.43. The standard InChI is InChI=1S/C33H38BNO5/c1-31(2)22-17-27(31)32(3)28(18-22)39-34(40-32)29(16-21-19-38-25-7-5-4-6-23(21)25)35-30(36)15-20-8-9-26-24(14-20)33(10-11-33)12-13-37-26/h4-9,14,19,22,27-29H,10-13,15-18H2,1-3H3,(H,35,36)/t22-,27-,28+,29-,32-/m0/s1. The SMILES string of the molecule is CC1(C)[C@@H]2C[C@H]3OB([C@H](Cc4coc5ccccc45)NC(=O)Cc4ccc5c(c4)C4(CCO5)CC4)O[C@@]3(C)[C@H]1C2. The fourth-order valence-electron chi connectivity index (χ4n) is 8.55. The summed E-state index contributed by atoms with van der Waals surface area (Å²) < 4.78 is 25.3. The molecule has 3 heterocycles. The minimum Gasteiger partial charge on any atom is -0.493 e. The van der Waals surface area contributed by atoms with E-state index in [1.165, 1.54) is 24.8 Å². The molecule has 9 rings (SSSR count). The van der Waals surface area contributed by atoms with Crippen LogP contribution in [0.2, 0.25) is 0 Å². The summed E-state index contributed by atoms with van der Waals surface area (Å²) in [5, 5.41) is 4.41. The average molecular weight is 539 g/mol. The van der Waals surface area contributed by atoms with Gasteiger partial charge in [-0.3, -0.25) is 4.79 Å². The number of fused-ring (bicyclic) bond motifs is 3. The minimum absolute atomic E-state index is 0.0174. The molecular formula is C33H38BNO5. The Labute approximate surface area is 236 Å². The first kappa shape index (κ1) is 25.0. The summed E-state index contributed by atoms with van der Waals surface area (Å²) in [6, 6.07) is 14.3. The molecule has 40 heavy (non-hydrogen) atoms. The molecule has 4 aliphatic carbocycles. The molecule has 2 bridgehead atoms. The predicted octanol–water partition coefficient (Wildman–Crippen LogP) is 5.78. The molecule has 0 unspecified atom stereocenters. The molecule has 1 spiro atoms. The Morgan fingerprint density at radius 1 is 1.10 bits per heavy atom. The van der Waals surface area contributed by atoms with Crippen molar-refractivity contribution < 1.29 is 23.3 Å². The van der Waals surface area contributed by atoms with Crippen LogP contribution in [0.5, 0.6) is 5.75 Å². The molecule has 208 valence electrons. The van der Waals surface area contributed by atoms with Crippen LogP contribution >= 0.6 is 0 Å². The van der Waals surface area contributed by atoms with Gasteiger partial charge in [-0.2, -0.15) is 0 Å². The van der Waals surface area contributed by atoms with Crippen molar-refractivity contribution in [2.24, 2.45) is 17.3 Å². The number of furan rings is 1. The van der Waals surface area contributed by atoms with Crippen molar-refractivity contribution in [1.29, 1.82) is 0 Å². The van der Waals surface area contributed by atoms with Crippen LogP contribution in [0.15, 0.2) is 53.1 Å². The number of nitrogens with one attached hydrogen (secondary N) is 1. The van der Waals surface area contributed by atoms with Gasteiger partial charge < -0.3 is 23.8 Å². The molecule has 6 aliphatic rings. The quantitative estimate of drug-likeness (QED) is 0.402. The van der Waals surface area contributed by atoms with E-state index in [9.17, 15) is 4.79 Å². The molecule has 1 amide bonds. The third kappa shape index (κ3) is 3.73. The second-order valence-corrected chi connectivity index (χ2v) is 13.9. The molecule has 1 saturated heterocycles. The molecule has 1 N–H and O–H groups in total. The fraction of sp³-hybridized carbons (Fsp3) is 0.545. The van der Waals surface area contributed by atoms with E-state index >= 15 is 0 Å². The van der Waals surface area contributed by atoms with E-state index in [0.717, 1.165) is 47.3 Å². The topological polar surface area (TPSA) is 69.9 Å². The van der Waals surface area contributed by atoms with E-state index in [1.807, 2.05) is 30.5 Å². The van der Waals surface area contributed by atoms with Gasteiger partial charge in [-0.15, -0.1) is 0 Å². The number of carbonyl (C=O) groups excluding carboxylic acids is 1. The van der Waals surface area contributed by atoms with E-state index in [-0.39, 0.29) is 34.4 Å². The third-order valence-corrected chi connectivity index (χ3v) is 11.3.